The summed E-state index contributed by atoms with van der Waals surface area (Å²) in [6, 6.07) is 3.07. The number of carboxylic acids is 1. The van der Waals surface area contributed by atoms with E-state index in [0.29, 0.717) is 18.1 Å². The van der Waals surface area contributed by atoms with Crippen LogP contribution in [0.5, 0.6) is 0 Å². The van der Waals surface area contributed by atoms with E-state index in [1.165, 1.54) is 39.8 Å². The van der Waals surface area contributed by atoms with Gasteiger partial charge in [-0.05, 0) is 24.0 Å². The van der Waals surface area contributed by atoms with Crippen LogP contribution in [0.2, 0.25) is 0 Å². The summed E-state index contributed by atoms with van der Waals surface area (Å²) in [7, 11) is 0. The van der Waals surface area contributed by atoms with Gasteiger partial charge in [-0.15, -0.1) is 23.1 Å². The van der Waals surface area contributed by atoms with Crippen molar-refractivity contribution >= 4 is 52.6 Å². The summed E-state index contributed by atoms with van der Waals surface area (Å²) in [5, 5.41) is 11.9. The molecule has 1 fully saturated rings. The Bertz CT molecular complexity index is 777. The van der Waals surface area contributed by atoms with Gasteiger partial charge in [-0.3, -0.25) is 14.5 Å². The van der Waals surface area contributed by atoms with Gasteiger partial charge in [0.1, 0.15) is 17.1 Å². The van der Waals surface area contributed by atoms with Crippen LogP contribution in [-0.2, 0) is 27.3 Å². The summed E-state index contributed by atoms with van der Waals surface area (Å²) in [6.07, 6.45) is 2.08. The zero-order chi connectivity index (χ0) is 18.8. The Balaban J connectivity index is 1.66. The molecule has 2 amide bonds. The Morgan fingerprint density at radius 3 is 2.77 bits per heavy atom. The normalized spacial score (nSPS) is 22.1. The number of hydrogen-bond donors (Lipinski definition) is 3. The fourth-order valence-corrected chi connectivity index (χ4v) is 5.94. The van der Waals surface area contributed by atoms with Gasteiger partial charge in [0, 0.05) is 27.8 Å². The molecule has 0 aliphatic carbocycles. The van der Waals surface area contributed by atoms with Crippen LogP contribution in [0.4, 0.5) is 0 Å². The zero-order valence-corrected chi connectivity index (χ0v) is 16.5. The van der Waals surface area contributed by atoms with Gasteiger partial charge in [0.15, 0.2) is 0 Å². The van der Waals surface area contributed by atoms with Crippen LogP contribution in [0.25, 0.3) is 0 Å². The van der Waals surface area contributed by atoms with E-state index in [1.807, 2.05) is 18.4 Å². The van der Waals surface area contributed by atoms with Crippen LogP contribution >= 0.6 is 34.9 Å². The van der Waals surface area contributed by atoms with E-state index in [1.54, 1.807) is 0 Å². The lowest BCUT2D eigenvalue weighted by Gasteiger charge is -2.49. The molecule has 4 N–H and O–H groups in total. The lowest BCUT2D eigenvalue weighted by Crippen LogP contribution is -2.70. The van der Waals surface area contributed by atoms with Gasteiger partial charge < -0.3 is 16.2 Å². The van der Waals surface area contributed by atoms with E-state index in [-0.39, 0.29) is 29.3 Å². The molecule has 0 aromatic carbocycles. The van der Waals surface area contributed by atoms with Gasteiger partial charge >= 0.3 is 5.97 Å². The van der Waals surface area contributed by atoms with Gasteiger partial charge in [0.2, 0.25) is 5.91 Å². The lowest BCUT2D eigenvalue weighted by molar-refractivity contribution is -0.150. The highest BCUT2D eigenvalue weighted by molar-refractivity contribution is 8.00. The van der Waals surface area contributed by atoms with E-state index >= 15 is 0 Å². The van der Waals surface area contributed by atoms with Crippen LogP contribution in [0.3, 0.4) is 0 Å². The fraction of sp³-hybridized carbons (Fsp3) is 0.438. The third kappa shape index (κ3) is 3.64. The number of carboxylic acid groups (broad SMARTS) is 1. The number of nitrogens with two attached hydrogens (primary N) is 1. The monoisotopic (exact) mass is 413 g/mol. The Morgan fingerprint density at radius 2 is 2.15 bits per heavy atom. The summed E-state index contributed by atoms with van der Waals surface area (Å²) in [6.45, 7) is 0.434. The molecule has 7 nitrogen and oxygen atoms in total. The number of hydrogen-bond acceptors (Lipinski definition) is 7. The SMILES string of the molecule is CSCC1=C(C(=O)O)N2C(=O)[C@@H](NC(=O)Cc3ccc(CN)s3)[C@@H]2SC1. The Hall–Kier alpha value is -1.49. The molecule has 1 saturated heterocycles. The predicted molar refractivity (Wildman–Crippen MR) is 104 cm³/mol. The van der Waals surface area contributed by atoms with Crippen LogP contribution < -0.4 is 11.1 Å². The molecule has 0 radical (unpaired) electrons. The highest BCUT2D eigenvalue weighted by atomic mass is 32.2. The second-order valence-electron chi connectivity index (χ2n) is 5.89. The zero-order valence-electron chi connectivity index (χ0n) is 14.1. The summed E-state index contributed by atoms with van der Waals surface area (Å²) in [4.78, 5) is 39.6. The second kappa shape index (κ2) is 8.03. The average molecular weight is 414 g/mol. The minimum absolute atomic E-state index is 0.0736. The maximum absolute atomic E-state index is 12.5. The Morgan fingerprint density at radius 1 is 1.42 bits per heavy atom. The smallest absolute Gasteiger partial charge is 0.352 e. The van der Waals surface area contributed by atoms with Crippen molar-refractivity contribution in [1.82, 2.24) is 10.2 Å². The van der Waals surface area contributed by atoms with Gasteiger partial charge in [-0.2, -0.15) is 11.8 Å². The van der Waals surface area contributed by atoms with E-state index in [9.17, 15) is 19.5 Å². The molecule has 2 atom stereocenters. The molecule has 2 aliphatic rings. The average Bonchev–Trinajstić information content (AvgIpc) is 3.06. The predicted octanol–water partition coefficient (Wildman–Crippen LogP) is 0.851. The molecule has 0 bridgehead atoms. The number of rotatable bonds is 7. The third-order valence-corrected chi connectivity index (χ3v) is 7.22. The van der Waals surface area contributed by atoms with E-state index < -0.39 is 12.0 Å². The van der Waals surface area contributed by atoms with Gasteiger partial charge in [-0.25, -0.2) is 4.79 Å². The Kier molecular flexibility index (Phi) is 5.96. The maximum atomic E-state index is 12.5. The first-order valence-electron chi connectivity index (χ1n) is 7.92. The number of carbonyl (C=O) groups is 3. The van der Waals surface area contributed by atoms with E-state index in [2.05, 4.69) is 5.32 Å². The van der Waals surface area contributed by atoms with E-state index in [0.717, 1.165) is 15.3 Å². The molecule has 0 unspecified atom stereocenters. The number of thioether (sulfide) groups is 2. The van der Waals surface area contributed by atoms with E-state index in [4.69, 9.17) is 5.73 Å². The summed E-state index contributed by atoms with van der Waals surface area (Å²) in [5.41, 5.74) is 6.39. The molecule has 3 rings (SSSR count). The number of fused-ring (bicyclic) bond motifs is 1. The lowest BCUT2D eigenvalue weighted by atomic mass is 10.0. The number of nitrogens with one attached hydrogen (secondary N) is 1. The highest BCUT2D eigenvalue weighted by Crippen LogP contribution is 2.40. The van der Waals surface area contributed by atoms with Crippen LogP contribution in [0, 0.1) is 0 Å². The fourth-order valence-electron chi connectivity index (χ4n) is 2.98. The van der Waals surface area contributed by atoms with Crippen molar-refractivity contribution < 1.29 is 19.5 Å². The molecule has 1 aromatic heterocycles. The summed E-state index contributed by atoms with van der Waals surface area (Å²) in [5.74, 6) is -0.575. The number of thiophene rings is 1. The number of amides is 2. The molecule has 140 valence electrons. The molecule has 0 saturated carbocycles. The first kappa shape index (κ1) is 19.3. The minimum atomic E-state index is -1.09. The van der Waals surface area contributed by atoms with Crippen LogP contribution in [-0.4, -0.2) is 57.0 Å². The van der Waals surface area contributed by atoms with Gasteiger partial charge in [-0.1, -0.05) is 0 Å². The van der Waals surface area contributed by atoms with Gasteiger partial charge in [0.25, 0.3) is 5.91 Å². The first-order valence-corrected chi connectivity index (χ1v) is 11.2. The molecule has 3 heterocycles. The van der Waals surface area contributed by atoms with Crippen molar-refractivity contribution in [2.45, 2.75) is 24.4 Å². The first-order chi connectivity index (χ1) is 12.5. The summed E-state index contributed by atoms with van der Waals surface area (Å²) < 4.78 is 0. The molecular formula is C16H19N3O4S3. The molecular weight excluding hydrogens is 394 g/mol. The number of carbonyl (C=O) groups excluding carboxylic acids is 2. The minimum Gasteiger partial charge on any atom is -0.477 e. The largest absolute Gasteiger partial charge is 0.477 e. The molecule has 2 aliphatic heterocycles. The number of aliphatic carboxylic acids is 1. The summed E-state index contributed by atoms with van der Waals surface area (Å²) >= 11 is 4.49. The van der Waals surface area contributed by atoms with Crippen molar-refractivity contribution in [1.29, 1.82) is 0 Å². The molecule has 0 spiro atoms. The van der Waals surface area contributed by atoms with Crippen molar-refractivity contribution in [3.63, 3.8) is 0 Å². The quantitative estimate of drug-likeness (QED) is 0.568. The molecule has 1 aromatic rings. The van der Waals surface area contributed by atoms with Crippen molar-refractivity contribution in [3.05, 3.63) is 33.2 Å². The van der Waals surface area contributed by atoms with Gasteiger partial charge in [0.05, 0.1) is 6.42 Å². The van der Waals surface area contributed by atoms with Crippen molar-refractivity contribution in [3.8, 4) is 0 Å². The number of nitrogens with zero attached hydrogens (tertiary/aromatic N) is 1. The topological polar surface area (TPSA) is 113 Å². The number of β-lactam (4-membered cyclic amide) rings is 1. The highest BCUT2D eigenvalue weighted by Gasteiger charge is 2.54. The second-order valence-corrected chi connectivity index (χ2v) is 9.12. The van der Waals surface area contributed by atoms with Crippen molar-refractivity contribution in [2.24, 2.45) is 5.73 Å². The molecule has 10 heteroatoms. The van der Waals surface area contributed by atoms with Crippen LogP contribution in [0.1, 0.15) is 9.75 Å². The molecule has 26 heavy (non-hydrogen) atoms. The maximum Gasteiger partial charge on any atom is 0.352 e. The Labute approximate surface area is 163 Å². The van der Waals surface area contributed by atoms with Crippen molar-refractivity contribution in [2.75, 3.05) is 17.8 Å². The van der Waals surface area contributed by atoms with Crippen LogP contribution in [0.15, 0.2) is 23.4 Å². The standard InChI is InChI=1S/C16H19N3O4S3/c1-24-6-8-7-25-15-12(14(21)19(15)13(8)16(22)23)18-11(20)4-9-2-3-10(5-17)26-9/h2-3,12,15H,4-7,17H2,1H3,(H,18,20)(H,22,23)/t12-,15+/m1/s1. The third-order valence-electron chi connectivity index (χ3n) is 4.14.